The lowest BCUT2D eigenvalue weighted by Crippen LogP contribution is -2.33. The molecule has 1 aliphatic heterocycles. The topological polar surface area (TPSA) is 498 Å². The molecule has 1 saturated heterocycles. The third kappa shape index (κ3) is 405. The van der Waals surface area contributed by atoms with E-state index in [4.69, 9.17) is 53.1 Å². The van der Waals surface area contributed by atoms with Crippen molar-refractivity contribution in [1.82, 2.24) is 23.4 Å². The van der Waals surface area contributed by atoms with Crippen LogP contribution in [0.3, 0.4) is 0 Å². The second kappa shape index (κ2) is 295. The van der Waals surface area contributed by atoms with Crippen LogP contribution in [0, 0.1) is 17.8 Å². The van der Waals surface area contributed by atoms with Crippen molar-refractivity contribution in [1.29, 1.82) is 0 Å². The van der Waals surface area contributed by atoms with Gasteiger partial charge < -0.3 is 117 Å². The van der Waals surface area contributed by atoms with Gasteiger partial charge >= 0.3 is 0 Å². The normalized spacial score (nSPS) is 7.14. The van der Waals surface area contributed by atoms with E-state index in [1.54, 1.807) is 20.8 Å². The zero-order chi connectivity index (χ0) is 70.8. The number of nitrogens with two attached hydrogens (primary N) is 7. The van der Waals surface area contributed by atoms with E-state index in [1.807, 2.05) is 98.8 Å². The van der Waals surface area contributed by atoms with Crippen molar-refractivity contribution in [2.24, 2.45) is 57.9 Å². The van der Waals surface area contributed by atoms with Crippen molar-refractivity contribution in [2.45, 2.75) is 168 Å². The quantitative estimate of drug-likeness (QED) is 0.133. The predicted molar refractivity (Wildman–Crippen MR) is 369 cm³/mol. The van der Waals surface area contributed by atoms with Gasteiger partial charge in [-0.2, -0.15) is 0 Å². The van der Waals surface area contributed by atoms with E-state index in [0.29, 0.717) is 0 Å². The fraction of sp³-hybridized carbons (Fsp3) is 0.617. The second-order valence-corrected chi connectivity index (χ2v) is 12.7. The van der Waals surface area contributed by atoms with Crippen molar-refractivity contribution in [2.75, 3.05) is 62.4 Å². The Labute approximate surface area is 513 Å². The first-order valence-electron chi connectivity index (χ1n) is 25.7. The maximum atomic E-state index is 10.7. The van der Waals surface area contributed by atoms with Gasteiger partial charge in [0.2, 0.25) is 5.91 Å². The molecule has 0 aromatic heterocycles. The highest BCUT2D eigenvalue weighted by Crippen LogP contribution is 2.07. The summed E-state index contributed by atoms with van der Waals surface area (Å²) in [5, 5.41) is 8.06. The molecule has 1 fully saturated rings. The summed E-state index contributed by atoms with van der Waals surface area (Å²) in [5.74, 6) is 2.88. The Balaban J connectivity index is -0.0000000189. The van der Waals surface area contributed by atoms with Crippen LogP contribution in [0.15, 0.2) is 60.7 Å². The van der Waals surface area contributed by atoms with Crippen molar-refractivity contribution in [3.05, 3.63) is 71.8 Å². The van der Waals surface area contributed by atoms with Gasteiger partial charge in [-0.3, -0.25) is 4.79 Å². The minimum absolute atomic E-state index is 0. The summed E-state index contributed by atoms with van der Waals surface area (Å²) >= 11 is 0. The van der Waals surface area contributed by atoms with Gasteiger partial charge in [-0.15, -0.1) is 0 Å². The molecule has 3 rings (SSSR count). The summed E-state index contributed by atoms with van der Waals surface area (Å²) in [7, 11) is 10.5. The molecule has 1 aliphatic rings. The Morgan fingerprint density at radius 2 is 0.518 bits per heavy atom. The number of aryl methyl sites for hydroxylation is 2. The Morgan fingerprint density at radius 1 is 0.386 bits per heavy atom. The van der Waals surface area contributed by atoms with Crippen LogP contribution < -0.4 is 58.6 Å². The van der Waals surface area contributed by atoms with Gasteiger partial charge in [0.1, 0.15) is 67.9 Å². The summed E-state index contributed by atoms with van der Waals surface area (Å²) in [5.41, 5.74) is 34.3. The molecule has 24 N–H and O–H groups in total. The van der Waals surface area contributed by atoms with Gasteiger partial charge in [0.15, 0.2) is 0 Å². The molecule has 0 bridgehead atoms. The summed E-state index contributed by atoms with van der Waals surface area (Å²) in [6, 6.07) is 20.9. The first kappa shape index (κ1) is 165. The van der Waals surface area contributed by atoms with E-state index in [1.165, 1.54) is 99.0 Å². The molecule has 2 aromatic carbocycles. The zero-order valence-corrected chi connectivity index (χ0v) is 58.3. The smallest absolute Gasteiger partial charge is 0.219 e. The Bertz CT molecular complexity index is 912. The highest BCUT2D eigenvalue weighted by Gasteiger charge is 2.11. The average Bonchev–Trinajstić information content (AvgIpc) is 3.58. The highest BCUT2D eigenvalue weighted by molar-refractivity contribution is 5.73. The molecule has 2 aromatic rings. The van der Waals surface area contributed by atoms with Crippen LogP contribution in [0.4, 0.5) is 0 Å². The molecule has 0 radical (unpaired) electrons. The van der Waals surface area contributed by atoms with Crippen LogP contribution in [-0.2, 0) is 65.6 Å². The minimum Gasteiger partial charge on any atom is -0.394 e. The molecule has 514 valence electrons. The predicted octanol–water partition coefficient (Wildman–Crippen LogP) is 8.75. The van der Waals surface area contributed by atoms with Crippen molar-refractivity contribution < 1.29 is 57.8 Å². The Kier molecular flexibility index (Phi) is 585. The molecule has 0 saturated carbocycles. The summed E-state index contributed by atoms with van der Waals surface area (Å²) in [6.45, 7) is 55.3. The van der Waals surface area contributed by atoms with E-state index in [-0.39, 0.29) is 30.5 Å². The number of piperidine rings is 1. The summed E-state index contributed by atoms with van der Waals surface area (Å²) in [4.78, 5) is 92.6. The molecule has 83 heavy (non-hydrogen) atoms. The number of carbonyl (C=O) groups excluding carboxylic acids is 11. The molecule has 0 atom stereocenters. The van der Waals surface area contributed by atoms with E-state index in [0.717, 1.165) is 43.7 Å². The van der Waals surface area contributed by atoms with Crippen LogP contribution >= 0.6 is 0 Å². The maximum absolute atomic E-state index is 10.7. The van der Waals surface area contributed by atoms with Crippen molar-refractivity contribution in [3.63, 3.8) is 0 Å². The number of nitrogens with zero attached hydrogens (tertiary/aromatic N) is 1. The molecule has 0 aliphatic carbocycles. The third-order valence-corrected chi connectivity index (χ3v) is 6.75. The van der Waals surface area contributed by atoms with Gasteiger partial charge in [-0.25, -0.2) is 0 Å². The van der Waals surface area contributed by atoms with Crippen LogP contribution in [0.5, 0.6) is 0 Å². The van der Waals surface area contributed by atoms with Gasteiger partial charge in [-0.05, 0) is 124 Å². The first-order chi connectivity index (χ1) is 38.7. The van der Waals surface area contributed by atoms with E-state index in [9.17, 15) is 4.79 Å². The lowest BCUT2D eigenvalue weighted by Gasteiger charge is -2.24. The van der Waals surface area contributed by atoms with Crippen LogP contribution in [0.25, 0.3) is 0 Å². The van der Waals surface area contributed by atoms with Crippen LogP contribution in [0.1, 0.15) is 160 Å². The minimum atomic E-state index is -0.167. The molecule has 1 amide bonds. The van der Waals surface area contributed by atoms with Gasteiger partial charge in [0.05, 0.1) is 0 Å². The first-order valence-corrected chi connectivity index (χ1v) is 25.7. The van der Waals surface area contributed by atoms with E-state index in [2.05, 4.69) is 165 Å². The zero-order valence-electron chi connectivity index (χ0n) is 58.3. The molecular weight excluding hydrogens is 1070 g/mol. The fourth-order valence-corrected chi connectivity index (χ4v) is 2.64. The largest absolute Gasteiger partial charge is 0.394 e. The van der Waals surface area contributed by atoms with Crippen LogP contribution in [-0.4, -0.2) is 152 Å². The summed E-state index contributed by atoms with van der Waals surface area (Å²) < 4.78 is 0. The van der Waals surface area contributed by atoms with Gasteiger partial charge in [0.25, 0.3) is 0 Å². The van der Waals surface area contributed by atoms with E-state index < -0.39 is 0 Å². The standard InChI is InChI=1S/2C8H10.C7H13NO.3C5H12.C3H8O.C2H6.7CH5N.10CH2O.3H3N/c2*1-2-8-6-4-3-5-7-8;1-7(9)8-5-3-2-4-6-8;3*1-4-5(2)3;1-3(2)4;18*1-2;;;/h2*3-7H,2H2,1H3;2-6H2,1H3;3*5H,4H2,1-3H3;3-4H,1-2H3;1-2H3;7*2H2,1H3;10*1H2;3*1H3. The van der Waals surface area contributed by atoms with Crippen LogP contribution in [0.2, 0.25) is 0 Å². The van der Waals surface area contributed by atoms with Crippen molar-refractivity contribution in [3.8, 4) is 0 Å². The molecule has 23 nitrogen and oxygen atoms in total. The molecule has 23 heteroatoms. The fourth-order valence-electron chi connectivity index (χ4n) is 2.64. The highest BCUT2D eigenvalue weighted by atomic mass is 16.3. The number of amides is 1. The van der Waals surface area contributed by atoms with E-state index >= 15 is 0 Å². The number of benzene rings is 2. The summed E-state index contributed by atoms with van der Waals surface area (Å²) in [6.07, 6.45) is 9.71. The lowest BCUT2D eigenvalue weighted by molar-refractivity contribution is -0.129. The number of likely N-dealkylation sites (tertiary alicyclic amines) is 1. The second-order valence-electron chi connectivity index (χ2n) is 12.7. The van der Waals surface area contributed by atoms with Gasteiger partial charge in [0, 0.05) is 26.1 Å². The molecule has 0 unspecified atom stereocenters. The Hall–Kier alpha value is -5.83. The number of rotatable bonds is 5. The third-order valence-electron chi connectivity index (χ3n) is 6.75. The molecule has 0 spiro atoms. The number of carbonyl (C=O) groups is 11. The number of aliphatic hydroxyl groups excluding tert-OH is 1. The Morgan fingerprint density at radius 3 is 0.590 bits per heavy atom. The SMILES string of the molecule is C=O.C=O.C=O.C=O.C=O.C=O.C=O.C=O.C=O.C=O.CC.CC(=O)N1CCCCC1.CC(C)O.CCC(C)C.CCC(C)C.CCC(C)C.CCc1ccccc1.CCc1ccccc1.CN.CN.CN.CN.CN.CN.CN.N.N.N. The van der Waals surface area contributed by atoms with Crippen molar-refractivity contribution >= 4 is 73.8 Å². The average molecular weight is 1210 g/mol. The monoisotopic (exact) mass is 1210 g/mol. The number of hydrogen-bond donors (Lipinski definition) is 11. The lowest BCUT2D eigenvalue weighted by atomic mass is 10.1. The number of hydrogen-bond acceptors (Lipinski definition) is 22. The number of aliphatic hydroxyl groups is 1. The molecule has 1 heterocycles. The van der Waals surface area contributed by atoms with Gasteiger partial charge in [-0.1, -0.05) is 170 Å². The maximum Gasteiger partial charge on any atom is 0.219 e. The molecular formula is C60H147N11O12.